The number of nitrogens with zero attached hydrogens (tertiary/aromatic N) is 2. The third-order valence-electron chi connectivity index (χ3n) is 4.18. The summed E-state index contributed by atoms with van der Waals surface area (Å²) in [6, 6.07) is 7.53. The third-order valence-corrected chi connectivity index (χ3v) is 4.18. The lowest BCUT2D eigenvalue weighted by Gasteiger charge is -2.30. The first-order valence-electron chi connectivity index (χ1n) is 6.96. The summed E-state index contributed by atoms with van der Waals surface area (Å²) >= 11 is 0. The van der Waals surface area contributed by atoms with Crippen LogP contribution < -0.4 is 5.32 Å². The topological polar surface area (TPSA) is 18.5 Å². The van der Waals surface area contributed by atoms with Crippen LogP contribution in [0.4, 0.5) is 5.69 Å². The molecular formula is C15H23N3. The van der Waals surface area contributed by atoms with Gasteiger partial charge in [0, 0.05) is 24.8 Å². The monoisotopic (exact) mass is 245 g/mol. The van der Waals surface area contributed by atoms with Crippen LogP contribution >= 0.6 is 0 Å². The van der Waals surface area contributed by atoms with Gasteiger partial charge in [-0.3, -0.25) is 4.90 Å². The van der Waals surface area contributed by atoms with Crippen LogP contribution in [-0.2, 0) is 13.1 Å². The zero-order chi connectivity index (χ0) is 12.5. The number of likely N-dealkylation sites (tertiary alicyclic amines) is 1. The first-order chi connectivity index (χ1) is 8.70. The molecule has 3 nitrogen and oxygen atoms in total. The van der Waals surface area contributed by atoms with Gasteiger partial charge in [0.2, 0.25) is 0 Å². The molecule has 2 aliphatic rings. The first kappa shape index (κ1) is 12.0. The molecule has 3 rings (SSSR count). The van der Waals surface area contributed by atoms with E-state index in [9.17, 15) is 0 Å². The second-order valence-electron chi connectivity index (χ2n) is 5.88. The average Bonchev–Trinajstić information content (AvgIpc) is 2.71. The summed E-state index contributed by atoms with van der Waals surface area (Å²) in [5, 5.41) is 3.70. The minimum atomic E-state index is 0.651. The minimum absolute atomic E-state index is 0.651. The van der Waals surface area contributed by atoms with E-state index in [1.54, 1.807) is 0 Å². The van der Waals surface area contributed by atoms with E-state index in [0.29, 0.717) is 6.04 Å². The van der Waals surface area contributed by atoms with E-state index in [4.69, 9.17) is 0 Å². The van der Waals surface area contributed by atoms with Gasteiger partial charge in [0.1, 0.15) is 0 Å². The maximum absolute atomic E-state index is 3.70. The van der Waals surface area contributed by atoms with Crippen LogP contribution in [0.3, 0.4) is 0 Å². The van der Waals surface area contributed by atoms with Crippen molar-refractivity contribution in [2.45, 2.75) is 32.0 Å². The molecule has 0 bridgehead atoms. The molecule has 0 radical (unpaired) electrons. The predicted molar refractivity (Wildman–Crippen MR) is 75.8 cm³/mol. The summed E-state index contributed by atoms with van der Waals surface area (Å²) in [6.07, 6.45) is 2.51. The normalized spacial score (nSPS) is 22.1. The molecule has 1 saturated heterocycles. The Labute approximate surface area is 110 Å². The summed E-state index contributed by atoms with van der Waals surface area (Å²) in [4.78, 5) is 4.78. The molecule has 3 heteroatoms. The van der Waals surface area contributed by atoms with Crippen LogP contribution in [0.2, 0.25) is 0 Å². The van der Waals surface area contributed by atoms with Crippen LogP contribution in [0, 0.1) is 0 Å². The molecule has 0 spiro atoms. The Balaban J connectivity index is 1.65. The maximum Gasteiger partial charge on any atom is 0.0345 e. The molecule has 1 aromatic carbocycles. The SMILES string of the molecule is CN1CCC(Nc2ccc3c(c2)CN(C)C3)CC1. The zero-order valence-corrected chi connectivity index (χ0v) is 11.4. The molecule has 0 aliphatic carbocycles. The highest BCUT2D eigenvalue weighted by atomic mass is 15.1. The molecule has 2 aliphatic heterocycles. The quantitative estimate of drug-likeness (QED) is 0.861. The fraction of sp³-hybridized carbons (Fsp3) is 0.600. The van der Waals surface area contributed by atoms with Gasteiger partial charge in [-0.15, -0.1) is 0 Å². The standard InChI is InChI=1S/C15H23N3/c1-17-7-5-14(6-8-17)16-15-4-3-12-10-18(2)11-13(12)9-15/h3-4,9,14,16H,5-8,10-11H2,1-2H3. The molecule has 18 heavy (non-hydrogen) atoms. The number of fused-ring (bicyclic) bond motifs is 1. The van der Waals surface area contributed by atoms with Crippen LogP contribution in [0.5, 0.6) is 0 Å². The molecule has 0 unspecified atom stereocenters. The van der Waals surface area contributed by atoms with Crippen molar-refractivity contribution in [3.05, 3.63) is 29.3 Å². The first-order valence-corrected chi connectivity index (χ1v) is 6.96. The van der Waals surface area contributed by atoms with E-state index in [2.05, 4.69) is 47.4 Å². The van der Waals surface area contributed by atoms with E-state index in [-0.39, 0.29) is 0 Å². The molecule has 1 fully saturated rings. The fourth-order valence-corrected chi connectivity index (χ4v) is 3.04. The third kappa shape index (κ3) is 2.52. The predicted octanol–water partition coefficient (Wildman–Crippen LogP) is 2.14. The van der Waals surface area contributed by atoms with Gasteiger partial charge in [0.15, 0.2) is 0 Å². The number of anilines is 1. The molecule has 98 valence electrons. The van der Waals surface area contributed by atoms with Crippen molar-refractivity contribution in [2.75, 3.05) is 32.5 Å². The van der Waals surface area contributed by atoms with Crippen molar-refractivity contribution < 1.29 is 0 Å². The average molecular weight is 245 g/mol. The van der Waals surface area contributed by atoms with Crippen molar-refractivity contribution in [1.82, 2.24) is 9.80 Å². The van der Waals surface area contributed by atoms with Crippen molar-refractivity contribution in [3.8, 4) is 0 Å². The maximum atomic E-state index is 3.70. The van der Waals surface area contributed by atoms with Crippen LogP contribution in [0.15, 0.2) is 18.2 Å². The zero-order valence-electron chi connectivity index (χ0n) is 11.4. The van der Waals surface area contributed by atoms with Crippen molar-refractivity contribution in [3.63, 3.8) is 0 Å². The fourth-order valence-electron chi connectivity index (χ4n) is 3.04. The van der Waals surface area contributed by atoms with Gasteiger partial charge >= 0.3 is 0 Å². The summed E-state index contributed by atoms with van der Waals surface area (Å²) in [6.45, 7) is 4.62. The number of nitrogens with one attached hydrogen (secondary N) is 1. The summed E-state index contributed by atoms with van der Waals surface area (Å²) < 4.78 is 0. The van der Waals surface area contributed by atoms with Crippen LogP contribution in [-0.4, -0.2) is 43.0 Å². The van der Waals surface area contributed by atoms with Gasteiger partial charge < -0.3 is 10.2 Å². The Morgan fingerprint density at radius 1 is 1.00 bits per heavy atom. The van der Waals surface area contributed by atoms with Crippen LogP contribution in [0.25, 0.3) is 0 Å². The molecule has 0 aromatic heterocycles. The highest BCUT2D eigenvalue weighted by Gasteiger charge is 2.18. The van der Waals surface area contributed by atoms with E-state index < -0.39 is 0 Å². The summed E-state index contributed by atoms with van der Waals surface area (Å²) in [7, 11) is 4.39. The highest BCUT2D eigenvalue weighted by molar-refractivity contribution is 5.50. The molecule has 0 amide bonds. The Morgan fingerprint density at radius 3 is 2.50 bits per heavy atom. The Bertz CT molecular complexity index is 422. The highest BCUT2D eigenvalue weighted by Crippen LogP contribution is 2.25. The van der Waals surface area contributed by atoms with E-state index in [1.807, 2.05) is 0 Å². The Kier molecular flexibility index (Phi) is 3.27. The van der Waals surface area contributed by atoms with E-state index in [0.717, 1.165) is 13.1 Å². The largest absolute Gasteiger partial charge is 0.382 e. The van der Waals surface area contributed by atoms with Gasteiger partial charge in [-0.25, -0.2) is 0 Å². The summed E-state index contributed by atoms with van der Waals surface area (Å²) in [5.74, 6) is 0. The van der Waals surface area contributed by atoms with Crippen LogP contribution in [0.1, 0.15) is 24.0 Å². The minimum Gasteiger partial charge on any atom is -0.382 e. The molecular weight excluding hydrogens is 222 g/mol. The van der Waals surface area contributed by atoms with E-state index >= 15 is 0 Å². The number of hydrogen-bond acceptors (Lipinski definition) is 3. The summed E-state index contributed by atoms with van der Waals surface area (Å²) in [5.41, 5.74) is 4.29. The van der Waals surface area contributed by atoms with Gasteiger partial charge in [0.25, 0.3) is 0 Å². The molecule has 1 aromatic rings. The molecule has 1 N–H and O–H groups in total. The van der Waals surface area contributed by atoms with Crippen molar-refractivity contribution in [2.24, 2.45) is 0 Å². The number of benzene rings is 1. The second-order valence-corrected chi connectivity index (χ2v) is 5.88. The molecule has 0 atom stereocenters. The number of rotatable bonds is 2. The number of hydrogen-bond donors (Lipinski definition) is 1. The lowest BCUT2D eigenvalue weighted by molar-refractivity contribution is 0.264. The Morgan fingerprint density at radius 2 is 1.72 bits per heavy atom. The van der Waals surface area contributed by atoms with Crippen molar-refractivity contribution >= 4 is 5.69 Å². The van der Waals surface area contributed by atoms with Gasteiger partial charge in [-0.1, -0.05) is 6.07 Å². The van der Waals surface area contributed by atoms with Gasteiger partial charge in [-0.2, -0.15) is 0 Å². The van der Waals surface area contributed by atoms with Gasteiger partial charge in [-0.05, 0) is 63.3 Å². The van der Waals surface area contributed by atoms with Crippen molar-refractivity contribution in [1.29, 1.82) is 0 Å². The molecule has 2 heterocycles. The lowest BCUT2D eigenvalue weighted by Crippen LogP contribution is -2.36. The van der Waals surface area contributed by atoms with Gasteiger partial charge in [0.05, 0.1) is 0 Å². The Hall–Kier alpha value is -1.06. The lowest BCUT2D eigenvalue weighted by atomic mass is 10.0. The number of piperidine rings is 1. The smallest absolute Gasteiger partial charge is 0.0345 e. The van der Waals surface area contributed by atoms with E-state index in [1.165, 1.54) is 42.7 Å². The second kappa shape index (κ2) is 4.90. The molecule has 0 saturated carbocycles.